The summed E-state index contributed by atoms with van der Waals surface area (Å²) >= 11 is 0. The fourth-order valence-electron chi connectivity index (χ4n) is 2.36. The molecule has 1 heterocycles. The molecule has 0 aromatic rings. The molecule has 0 saturated carbocycles. The fraction of sp³-hybridized carbons (Fsp3) is 0.929. The predicted octanol–water partition coefficient (Wildman–Crippen LogP) is 1.96. The zero-order valence-corrected chi connectivity index (χ0v) is 12.7. The van der Waals surface area contributed by atoms with Crippen LogP contribution >= 0.6 is 0 Å². The second-order valence-electron chi connectivity index (χ2n) is 5.39. The second kappa shape index (κ2) is 8.38. The van der Waals surface area contributed by atoms with Gasteiger partial charge in [-0.1, -0.05) is 19.8 Å². The van der Waals surface area contributed by atoms with Gasteiger partial charge in [-0.3, -0.25) is 4.90 Å². The van der Waals surface area contributed by atoms with Crippen molar-refractivity contribution in [3.63, 3.8) is 0 Å². The van der Waals surface area contributed by atoms with Crippen molar-refractivity contribution < 1.29 is 14.3 Å². The molecule has 2 atom stereocenters. The molecule has 5 nitrogen and oxygen atoms in total. The summed E-state index contributed by atoms with van der Waals surface area (Å²) in [6.45, 7) is 4.28. The van der Waals surface area contributed by atoms with E-state index in [1.807, 2.05) is 7.05 Å². The predicted molar refractivity (Wildman–Crippen MR) is 75.3 cm³/mol. The number of carbonyl (C=O) groups is 1. The van der Waals surface area contributed by atoms with Crippen LogP contribution in [0.15, 0.2) is 0 Å². The molecule has 1 saturated heterocycles. The number of methoxy groups -OCH3 is 1. The Morgan fingerprint density at radius 1 is 1.42 bits per heavy atom. The SMILES string of the molecule is CCCCCN(C)C(=O)OCC1CC(OC)CN1C. The highest BCUT2D eigenvalue weighted by molar-refractivity contribution is 5.67. The number of hydrogen-bond acceptors (Lipinski definition) is 4. The number of unbranched alkanes of at least 4 members (excludes halogenated alkanes) is 2. The maximum absolute atomic E-state index is 11.8. The van der Waals surface area contributed by atoms with Crippen molar-refractivity contribution in [1.29, 1.82) is 0 Å². The number of amides is 1. The smallest absolute Gasteiger partial charge is 0.409 e. The summed E-state index contributed by atoms with van der Waals surface area (Å²) in [5.41, 5.74) is 0. The van der Waals surface area contributed by atoms with Crippen LogP contribution in [0, 0.1) is 0 Å². The average molecular weight is 272 g/mol. The van der Waals surface area contributed by atoms with Gasteiger partial charge in [0.1, 0.15) is 6.61 Å². The van der Waals surface area contributed by atoms with Gasteiger partial charge in [-0.15, -0.1) is 0 Å². The molecule has 0 aromatic heterocycles. The molecule has 0 aliphatic carbocycles. The van der Waals surface area contributed by atoms with Crippen LogP contribution in [0.4, 0.5) is 4.79 Å². The summed E-state index contributed by atoms with van der Waals surface area (Å²) in [7, 11) is 5.57. The summed E-state index contributed by atoms with van der Waals surface area (Å²) in [5, 5.41) is 0. The van der Waals surface area contributed by atoms with Crippen molar-refractivity contribution in [2.24, 2.45) is 0 Å². The minimum atomic E-state index is -0.217. The van der Waals surface area contributed by atoms with Gasteiger partial charge < -0.3 is 14.4 Å². The lowest BCUT2D eigenvalue weighted by Crippen LogP contribution is -2.34. The average Bonchev–Trinajstić information content (AvgIpc) is 2.76. The molecule has 1 aliphatic rings. The van der Waals surface area contributed by atoms with Crippen molar-refractivity contribution in [1.82, 2.24) is 9.80 Å². The number of likely N-dealkylation sites (N-methyl/N-ethyl adjacent to an activating group) is 1. The van der Waals surface area contributed by atoms with Gasteiger partial charge in [0, 0.05) is 33.3 Å². The standard InChI is InChI=1S/C14H28N2O3/c1-5-6-7-8-15(2)14(17)19-11-12-9-13(18-4)10-16(12)3/h12-13H,5-11H2,1-4H3. The van der Waals surface area contributed by atoms with E-state index in [1.54, 1.807) is 19.1 Å². The molecule has 1 rings (SSSR count). The first-order valence-electron chi connectivity index (χ1n) is 7.19. The Balaban J connectivity index is 2.22. The summed E-state index contributed by atoms with van der Waals surface area (Å²) in [4.78, 5) is 15.7. The van der Waals surface area contributed by atoms with E-state index in [0.717, 1.165) is 38.8 Å². The quantitative estimate of drug-likeness (QED) is 0.664. The maximum atomic E-state index is 11.8. The molecule has 5 heteroatoms. The Bertz CT molecular complexity index is 273. The Labute approximate surface area is 116 Å². The monoisotopic (exact) mass is 272 g/mol. The number of rotatable bonds is 7. The van der Waals surface area contributed by atoms with Crippen molar-refractivity contribution in [3.8, 4) is 0 Å². The van der Waals surface area contributed by atoms with Crippen LogP contribution in [0.2, 0.25) is 0 Å². The number of ether oxygens (including phenoxy) is 2. The Morgan fingerprint density at radius 2 is 2.16 bits per heavy atom. The number of nitrogens with zero attached hydrogens (tertiary/aromatic N) is 2. The molecular weight excluding hydrogens is 244 g/mol. The van der Waals surface area contributed by atoms with E-state index >= 15 is 0 Å². The third-order valence-corrected chi connectivity index (χ3v) is 3.79. The van der Waals surface area contributed by atoms with Crippen molar-refractivity contribution >= 4 is 6.09 Å². The molecule has 0 aromatic carbocycles. The highest BCUT2D eigenvalue weighted by Crippen LogP contribution is 2.18. The van der Waals surface area contributed by atoms with E-state index in [-0.39, 0.29) is 18.2 Å². The Hall–Kier alpha value is -0.810. The Kier molecular flexibility index (Phi) is 7.16. The van der Waals surface area contributed by atoms with E-state index in [0.29, 0.717) is 6.61 Å². The number of carbonyl (C=O) groups excluding carboxylic acids is 1. The van der Waals surface area contributed by atoms with Crippen LogP contribution in [0.25, 0.3) is 0 Å². The maximum Gasteiger partial charge on any atom is 0.409 e. The van der Waals surface area contributed by atoms with E-state index in [9.17, 15) is 4.79 Å². The van der Waals surface area contributed by atoms with Gasteiger partial charge in [0.15, 0.2) is 0 Å². The first kappa shape index (κ1) is 16.2. The van der Waals surface area contributed by atoms with Crippen LogP contribution in [-0.2, 0) is 9.47 Å². The van der Waals surface area contributed by atoms with E-state index in [1.165, 1.54) is 0 Å². The van der Waals surface area contributed by atoms with Gasteiger partial charge in [-0.05, 0) is 19.9 Å². The lowest BCUT2D eigenvalue weighted by atomic mass is 10.2. The van der Waals surface area contributed by atoms with Gasteiger partial charge in [0.25, 0.3) is 0 Å². The van der Waals surface area contributed by atoms with Gasteiger partial charge in [0.2, 0.25) is 0 Å². The van der Waals surface area contributed by atoms with Crippen molar-refractivity contribution in [2.75, 3.05) is 40.9 Å². The molecular formula is C14H28N2O3. The van der Waals surface area contributed by atoms with E-state index < -0.39 is 0 Å². The Morgan fingerprint density at radius 3 is 2.74 bits per heavy atom. The first-order chi connectivity index (χ1) is 9.08. The zero-order chi connectivity index (χ0) is 14.3. The first-order valence-corrected chi connectivity index (χ1v) is 7.19. The third-order valence-electron chi connectivity index (χ3n) is 3.79. The molecule has 0 spiro atoms. The van der Waals surface area contributed by atoms with Crippen molar-refractivity contribution in [2.45, 2.75) is 44.8 Å². The molecule has 0 bridgehead atoms. The molecule has 1 aliphatic heterocycles. The molecule has 19 heavy (non-hydrogen) atoms. The normalized spacial score (nSPS) is 23.6. The van der Waals surface area contributed by atoms with Crippen molar-refractivity contribution in [3.05, 3.63) is 0 Å². The van der Waals surface area contributed by atoms with Gasteiger partial charge in [-0.25, -0.2) is 4.79 Å². The fourth-order valence-corrected chi connectivity index (χ4v) is 2.36. The molecule has 2 unspecified atom stereocenters. The van der Waals surface area contributed by atoms with Crippen LogP contribution < -0.4 is 0 Å². The minimum absolute atomic E-state index is 0.217. The van der Waals surface area contributed by atoms with Gasteiger partial charge >= 0.3 is 6.09 Å². The molecule has 1 fully saturated rings. The van der Waals surface area contributed by atoms with Crippen LogP contribution in [0.3, 0.4) is 0 Å². The summed E-state index contributed by atoms with van der Waals surface area (Å²) in [5.74, 6) is 0. The highest BCUT2D eigenvalue weighted by Gasteiger charge is 2.30. The molecule has 112 valence electrons. The summed E-state index contributed by atoms with van der Waals surface area (Å²) in [6.07, 6.45) is 4.32. The second-order valence-corrected chi connectivity index (χ2v) is 5.39. The van der Waals surface area contributed by atoms with E-state index in [4.69, 9.17) is 9.47 Å². The lowest BCUT2D eigenvalue weighted by molar-refractivity contribution is 0.0863. The van der Waals surface area contributed by atoms with Crippen LogP contribution in [0.1, 0.15) is 32.6 Å². The van der Waals surface area contributed by atoms with Gasteiger partial charge in [0.05, 0.1) is 6.10 Å². The minimum Gasteiger partial charge on any atom is -0.448 e. The zero-order valence-electron chi connectivity index (χ0n) is 12.7. The lowest BCUT2D eigenvalue weighted by Gasteiger charge is -2.21. The van der Waals surface area contributed by atoms with Gasteiger partial charge in [-0.2, -0.15) is 0 Å². The number of hydrogen-bond donors (Lipinski definition) is 0. The van der Waals surface area contributed by atoms with E-state index in [2.05, 4.69) is 11.8 Å². The largest absolute Gasteiger partial charge is 0.448 e. The molecule has 0 N–H and O–H groups in total. The highest BCUT2D eigenvalue weighted by atomic mass is 16.6. The molecule has 1 amide bonds. The topological polar surface area (TPSA) is 42.0 Å². The van der Waals surface area contributed by atoms with Crippen LogP contribution in [0.5, 0.6) is 0 Å². The number of likely N-dealkylation sites (tertiary alicyclic amines) is 1. The molecule has 0 radical (unpaired) electrons. The summed E-state index contributed by atoms with van der Waals surface area (Å²) in [6, 6.07) is 0.276. The third kappa shape index (κ3) is 5.37. The van der Waals surface area contributed by atoms with Crippen LogP contribution in [-0.4, -0.2) is 68.9 Å². The summed E-state index contributed by atoms with van der Waals surface area (Å²) < 4.78 is 10.7.